The Labute approximate surface area is 197 Å². The van der Waals surface area contributed by atoms with Crippen LogP contribution in [0.25, 0.3) is 0 Å². The number of rotatable bonds is 9. The van der Waals surface area contributed by atoms with Gasteiger partial charge in [0.15, 0.2) is 23.0 Å². The SMILES string of the molecule is CCOc1cc(C=NNC(=O)c2ccccc2NC(=O)c2ccc(OC)c(OC)c2)ccc1O. The molecule has 3 rings (SSSR count). The molecule has 0 saturated heterocycles. The number of benzene rings is 3. The third-order valence-corrected chi connectivity index (χ3v) is 4.73. The molecular formula is C25H25N3O6. The largest absolute Gasteiger partial charge is 0.504 e. The number of anilines is 1. The zero-order valence-electron chi connectivity index (χ0n) is 19.0. The predicted octanol–water partition coefficient (Wildman–Crippen LogP) is 3.82. The van der Waals surface area contributed by atoms with Gasteiger partial charge >= 0.3 is 0 Å². The first-order valence-corrected chi connectivity index (χ1v) is 10.4. The van der Waals surface area contributed by atoms with Gasteiger partial charge in [-0.15, -0.1) is 0 Å². The minimum Gasteiger partial charge on any atom is -0.504 e. The Kier molecular flexibility index (Phi) is 8.07. The van der Waals surface area contributed by atoms with Crippen molar-refractivity contribution in [3.63, 3.8) is 0 Å². The number of amides is 2. The van der Waals surface area contributed by atoms with Crippen LogP contribution in [0.1, 0.15) is 33.2 Å². The molecule has 0 heterocycles. The topological polar surface area (TPSA) is 118 Å². The number of ether oxygens (including phenoxy) is 3. The van der Waals surface area contributed by atoms with Crippen molar-refractivity contribution in [2.75, 3.05) is 26.1 Å². The van der Waals surface area contributed by atoms with Crippen molar-refractivity contribution in [1.29, 1.82) is 0 Å². The van der Waals surface area contributed by atoms with Crippen LogP contribution in [0.3, 0.4) is 0 Å². The first-order valence-electron chi connectivity index (χ1n) is 10.4. The predicted molar refractivity (Wildman–Crippen MR) is 128 cm³/mol. The molecule has 2 amide bonds. The molecular weight excluding hydrogens is 438 g/mol. The molecule has 0 fully saturated rings. The van der Waals surface area contributed by atoms with Crippen LogP contribution in [-0.4, -0.2) is 44.0 Å². The molecule has 176 valence electrons. The molecule has 0 atom stereocenters. The van der Waals surface area contributed by atoms with E-state index in [2.05, 4.69) is 15.8 Å². The van der Waals surface area contributed by atoms with Crippen molar-refractivity contribution in [1.82, 2.24) is 5.43 Å². The highest BCUT2D eigenvalue weighted by molar-refractivity contribution is 6.09. The maximum atomic E-state index is 12.8. The van der Waals surface area contributed by atoms with E-state index in [1.54, 1.807) is 54.6 Å². The second kappa shape index (κ2) is 11.4. The Balaban J connectivity index is 1.72. The maximum absolute atomic E-state index is 12.8. The minimum atomic E-state index is -0.511. The lowest BCUT2D eigenvalue weighted by Crippen LogP contribution is -2.21. The Morgan fingerprint density at radius 2 is 1.71 bits per heavy atom. The van der Waals surface area contributed by atoms with Crippen molar-refractivity contribution in [2.24, 2.45) is 5.10 Å². The number of nitrogens with one attached hydrogen (secondary N) is 2. The summed E-state index contributed by atoms with van der Waals surface area (Å²) in [5, 5.41) is 16.5. The Morgan fingerprint density at radius 1 is 0.941 bits per heavy atom. The van der Waals surface area contributed by atoms with Crippen LogP contribution in [0, 0.1) is 0 Å². The minimum absolute atomic E-state index is 0.0159. The molecule has 0 bridgehead atoms. The molecule has 9 heteroatoms. The summed E-state index contributed by atoms with van der Waals surface area (Å²) in [4.78, 5) is 25.5. The second-order valence-corrected chi connectivity index (χ2v) is 6.93. The van der Waals surface area contributed by atoms with Crippen LogP contribution >= 0.6 is 0 Å². The van der Waals surface area contributed by atoms with Gasteiger partial charge in [-0.2, -0.15) is 5.10 Å². The number of aromatic hydroxyl groups is 1. The number of phenolic OH excluding ortho intramolecular Hbond substituents is 1. The van der Waals surface area contributed by atoms with E-state index in [9.17, 15) is 14.7 Å². The Hall–Kier alpha value is -4.53. The summed E-state index contributed by atoms with van der Waals surface area (Å²) in [6.45, 7) is 2.21. The second-order valence-electron chi connectivity index (χ2n) is 6.93. The van der Waals surface area contributed by atoms with Crippen LogP contribution in [0.2, 0.25) is 0 Å². The van der Waals surface area contributed by atoms with Crippen LogP contribution in [0.15, 0.2) is 65.8 Å². The van der Waals surface area contributed by atoms with Gasteiger partial charge in [-0.1, -0.05) is 12.1 Å². The summed E-state index contributed by atoms with van der Waals surface area (Å²) >= 11 is 0. The van der Waals surface area contributed by atoms with Gasteiger partial charge in [0, 0.05) is 5.56 Å². The maximum Gasteiger partial charge on any atom is 0.273 e. The summed E-state index contributed by atoms with van der Waals surface area (Å²) in [7, 11) is 2.99. The van der Waals surface area contributed by atoms with E-state index >= 15 is 0 Å². The quantitative estimate of drug-likeness (QED) is 0.328. The van der Waals surface area contributed by atoms with Crippen molar-refractivity contribution in [3.8, 4) is 23.0 Å². The number of carbonyl (C=O) groups excluding carboxylic acids is 2. The van der Waals surface area contributed by atoms with E-state index in [4.69, 9.17) is 14.2 Å². The zero-order chi connectivity index (χ0) is 24.5. The molecule has 9 nitrogen and oxygen atoms in total. The fourth-order valence-corrected chi connectivity index (χ4v) is 3.07. The summed E-state index contributed by atoms with van der Waals surface area (Å²) in [5.74, 6) is 0.319. The Bertz CT molecular complexity index is 1210. The number of hydrogen-bond acceptors (Lipinski definition) is 7. The first kappa shape index (κ1) is 24.1. The van der Waals surface area contributed by atoms with Crippen molar-refractivity contribution in [2.45, 2.75) is 6.92 Å². The standard InChI is InChI=1S/C25H25N3O6/c1-4-34-22-13-16(9-11-20(22)29)15-26-28-25(31)18-7-5-6-8-19(18)27-24(30)17-10-12-21(32-2)23(14-17)33-3/h5-15,29H,4H2,1-3H3,(H,27,30)(H,28,31). The molecule has 3 aromatic carbocycles. The van der Waals surface area contributed by atoms with Gasteiger partial charge < -0.3 is 24.6 Å². The van der Waals surface area contributed by atoms with E-state index < -0.39 is 11.8 Å². The summed E-state index contributed by atoms with van der Waals surface area (Å²) in [6, 6.07) is 16.1. The molecule has 0 radical (unpaired) electrons. The van der Waals surface area contributed by atoms with Crippen LogP contribution in [0.5, 0.6) is 23.0 Å². The highest BCUT2D eigenvalue weighted by atomic mass is 16.5. The van der Waals surface area contributed by atoms with Gasteiger partial charge in [0.25, 0.3) is 11.8 Å². The molecule has 0 aromatic heterocycles. The molecule has 0 saturated carbocycles. The lowest BCUT2D eigenvalue weighted by atomic mass is 10.1. The van der Waals surface area contributed by atoms with Crippen molar-refractivity contribution < 1.29 is 28.9 Å². The van der Waals surface area contributed by atoms with Crippen molar-refractivity contribution in [3.05, 3.63) is 77.4 Å². The first-order chi connectivity index (χ1) is 16.5. The zero-order valence-corrected chi connectivity index (χ0v) is 19.0. The summed E-state index contributed by atoms with van der Waals surface area (Å²) < 4.78 is 15.8. The van der Waals surface area contributed by atoms with Gasteiger partial charge in [-0.25, -0.2) is 5.43 Å². The number of methoxy groups -OCH3 is 2. The normalized spacial score (nSPS) is 10.6. The highest BCUT2D eigenvalue weighted by Gasteiger charge is 2.15. The lowest BCUT2D eigenvalue weighted by Gasteiger charge is -2.12. The molecule has 34 heavy (non-hydrogen) atoms. The van der Waals surface area contributed by atoms with Gasteiger partial charge in [-0.05, 0) is 61.0 Å². The third kappa shape index (κ3) is 5.83. The summed E-state index contributed by atoms with van der Waals surface area (Å²) in [6.07, 6.45) is 1.42. The molecule has 0 aliphatic rings. The van der Waals surface area contributed by atoms with E-state index in [-0.39, 0.29) is 11.3 Å². The lowest BCUT2D eigenvalue weighted by molar-refractivity contribution is 0.0956. The molecule has 3 N–H and O–H groups in total. The monoisotopic (exact) mass is 463 g/mol. The fraction of sp³-hybridized carbons (Fsp3) is 0.160. The van der Waals surface area contributed by atoms with Gasteiger partial charge in [-0.3, -0.25) is 9.59 Å². The number of nitrogens with zero attached hydrogens (tertiary/aromatic N) is 1. The average molecular weight is 463 g/mol. The number of hydrogen-bond donors (Lipinski definition) is 3. The van der Waals surface area contributed by atoms with E-state index in [1.165, 1.54) is 26.5 Å². The van der Waals surface area contributed by atoms with E-state index in [0.717, 1.165) is 0 Å². The molecule has 0 unspecified atom stereocenters. The number of hydrazone groups is 1. The summed E-state index contributed by atoms with van der Waals surface area (Å²) in [5.41, 5.74) is 3.95. The van der Waals surface area contributed by atoms with E-state index in [0.29, 0.717) is 40.7 Å². The van der Waals surface area contributed by atoms with E-state index in [1.807, 2.05) is 6.92 Å². The highest BCUT2D eigenvalue weighted by Crippen LogP contribution is 2.28. The van der Waals surface area contributed by atoms with Gasteiger partial charge in [0.1, 0.15) is 0 Å². The third-order valence-electron chi connectivity index (χ3n) is 4.73. The van der Waals surface area contributed by atoms with Crippen molar-refractivity contribution >= 4 is 23.7 Å². The Morgan fingerprint density at radius 3 is 2.44 bits per heavy atom. The van der Waals surface area contributed by atoms with Crippen LogP contribution < -0.4 is 25.0 Å². The number of carbonyl (C=O) groups is 2. The van der Waals surface area contributed by atoms with Gasteiger partial charge in [0.05, 0.1) is 38.3 Å². The van der Waals surface area contributed by atoms with Crippen LogP contribution in [-0.2, 0) is 0 Å². The molecule has 0 spiro atoms. The fourth-order valence-electron chi connectivity index (χ4n) is 3.07. The number of para-hydroxylation sites is 1. The molecule has 3 aromatic rings. The average Bonchev–Trinajstić information content (AvgIpc) is 2.85. The van der Waals surface area contributed by atoms with Gasteiger partial charge in [0.2, 0.25) is 0 Å². The van der Waals surface area contributed by atoms with Crippen LogP contribution in [0.4, 0.5) is 5.69 Å². The number of phenols is 1. The smallest absolute Gasteiger partial charge is 0.273 e. The molecule has 0 aliphatic heterocycles. The molecule has 0 aliphatic carbocycles.